The van der Waals surface area contributed by atoms with E-state index in [-0.39, 0.29) is 18.1 Å². The summed E-state index contributed by atoms with van der Waals surface area (Å²) in [5.41, 5.74) is -0.978. The van der Waals surface area contributed by atoms with Crippen LogP contribution in [0.15, 0.2) is 24.3 Å². The van der Waals surface area contributed by atoms with Crippen molar-refractivity contribution in [3.63, 3.8) is 0 Å². The van der Waals surface area contributed by atoms with Crippen LogP contribution in [-0.2, 0) is 4.79 Å². The molecule has 2 rings (SSSR count). The Morgan fingerprint density at radius 1 is 1.20 bits per heavy atom. The smallest absolute Gasteiger partial charge is 0.269 e. The normalized spacial score (nSPS) is 21.7. The van der Waals surface area contributed by atoms with E-state index in [9.17, 15) is 28.6 Å². The number of rotatable bonds is 6. The second-order valence-corrected chi connectivity index (χ2v) is 7.66. The number of hydrogen-bond acceptors (Lipinski definition) is 5. The number of carbonyl (C=O) groups excluding carboxylic acids is 2. The molecule has 5 N–H and O–H groups in total. The minimum absolute atomic E-state index is 0.0739. The lowest BCUT2D eigenvalue weighted by Gasteiger charge is -2.30. The number of carbonyl (C=O) groups is 2. The van der Waals surface area contributed by atoms with E-state index < -0.39 is 29.9 Å². The van der Waals surface area contributed by atoms with Gasteiger partial charge in [0.1, 0.15) is 6.04 Å². The molecule has 0 aromatic heterocycles. The van der Waals surface area contributed by atoms with Gasteiger partial charge in [0, 0.05) is 23.7 Å². The molecular weight excluding hydrogens is 398 g/mol. The highest BCUT2D eigenvalue weighted by Crippen LogP contribution is 2.28. The topological polar surface area (TPSA) is 119 Å². The summed E-state index contributed by atoms with van der Waals surface area (Å²) in [6, 6.07) is 3.96. The minimum Gasteiger partial charge on any atom is -0.396 e. The van der Waals surface area contributed by atoms with Gasteiger partial charge in [-0.15, -0.1) is 0 Å². The van der Waals surface area contributed by atoms with Crippen LogP contribution in [0.4, 0.5) is 8.78 Å². The number of benzene rings is 1. The van der Waals surface area contributed by atoms with Crippen molar-refractivity contribution < 1.29 is 33.8 Å². The summed E-state index contributed by atoms with van der Waals surface area (Å²) < 4.78 is 26.1. The van der Waals surface area contributed by atoms with Crippen molar-refractivity contribution in [3.8, 4) is 11.8 Å². The van der Waals surface area contributed by atoms with Crippen LogP contribution in [0.25, 0.3) is 0 Å². The van der Waals surface area contributed by atoms with E-state index in [1.54, 1.807) is 12.1 Å². The summed E-state index contributed by atoms with van der Waals surface area (Å²) in [7, 11) is 0. The lowest BCUT2D eigenvalue weighted by molar-refractivity contribution is -0.149. The maximum absolute atomic E-state index is 13.1. The monoisotopic (exact) mass is 424 g/mol. The van der Waals surface area contributed by atoms with Crippen molar-refractivity contribution in [2.75, 3.05) is 6.61 Å². The number of halogens is 2. The standard InChI is InChI=1S/C21H26F2N2O5/c1-21(29,20(22)23)17(19(28)25-30)24-18(27)16-10-8-14(9-11-16)3-2-13-4-6-15(12-26)7-5-13/h8-11,13,15,17,20,26,29-30H,4-7,12H2,1H3,(H,24,27)(H,25,28)/t13?,15?,17?,21-/m0/s1. The van der Waals surface area contributed by atoms with E-state index in [4.69, 9.17) is 5.21 Å². The van der Waals surface area contributed by atoms with Gasteiger partial charge in [0.05, 0.1) is 0 Å². The summed E-state index contributed by atoms with van der Waals surface area (Å²) in [5, 5.41) is 29.8. The van der Waals surface area contributed by atoms with Gasteiger partial charge in [0.25, 0.3) is 18.2 Å². The molecule has 0 heterocycles. The summed E-state index contributed by atoms with van der Waals surface area (Å²) in [6.07, 6.45) is 0.402. The molecule has 1 unspecified atom stereocenters. The second-order valence-electron chi connectivity index (χ2n) is 7.66. The maximum atomic E-state index is 13.1. The van der Waals surface area contributed by atoms with Crippen LogP contribution in [0.1, 0.15) is 48.5 Å². The Bertz CT molecular complexity index is 794. The molecule has 0 saturated heterocycles. The predicted octanol–water partition coefficient (Wildman–Crippen LogP) is 1.46. The molecular formula is C21H26F2N2O5. The minimum atomic E-state index is -3.34. The second kappa shape index (κ2) is 10.5. The number of alkyl halides is 2. The third kappa shape index (κ3) is 5.98. The highest BCUT2D eigenvalue weighted by molar-refractivity contribution is 5.97. The lowest BCUT2D eigenvalue weighted by Crippen LogP contribution is -2.61. The fourth-order valence-corrected chi connectivity index (χ4v) is 3.26. The van der Waals surface area contributed by atoms with E-state index in [0.29, 0.717) is 18.4 Å². The first-order valence-corrected chi connectivity index (χ1v) is 9.66. The molecule has 164 valence electrons. The number of hydrogen-bond donors (Lipinski definition) is 5. The molecule has 1 aliphatic rings. The van der Waals surface area contributed by atoms with Crippen molar-refractivity contribution in [1.29, 1.82) is 0 Å². The van der Waals surface area contributed by atoms with E-state index >= 15 is 0 Å². The average Bonchev–Trinajstić information content (AvgIpc) is 2.75. The summed E-state index contributed by atoms with van der Waals surface area (Å²) in [4.78, 5) is 24.0. The van der Waals surface area contributed by atoms with Gasteiger partial charge >= 0.3 is 0 Å². The third-order valence-electron chi connectivity index (χ3n) is 5.35. The molecule has 9 heteroatoms. The van der Waals surface area contributed by atoms with E-state index in [1.807, 2.05) is 5.32 Å². The molecule has 1 fully saturated rings. The van der Waals surface area contributed by atoms with Gasteiger partial charge in [-0.25, -0.2) is 14.3 Å². The summed E-state index contributed by atoms with van der Waals surface area (Å²) in [5.74, 6) is 4.60. The number of amides is 2. The molecule has 30 heavy (non-hydrogen) atoms. The number of aliphatic hydroxyl groups excluding tert-OH is 1. The van der Waals surface area contributed by atoms with E-state index in [2.05, 4.69) is 11.8 Å². The van der Waals surface area contributed by atoms with Crippen LogP contribution in [0.3, 0.4) is 0 Å². The summed E-state index contributed by atoms with van der Waals surface area (Å²) in [6.45, 7) is 0.891. The first kappa shape index (κ1) is 23.7. The lowest BCUT2D eigenvalue weighted by atomic mass is 9.83. The Balaban J connectivity index is 2.04. The number of hydroxylamine groups is 1. The van der Waals surface area contributed by atoms with Gasteiger partial charge in [-0.3, -0.25) is 14.8 Å². The van der Waals surface area contributed by atoms with Gasteiger partial charge in [-0.05, 0) is 62.8 Å². The van der Waals surface area contributed by atoms with Gasteiger partial charge in [-0.1, -0.05) is 11.8 Å². The van der Waals surface area contributed by atoms with Crippen LogP contribution in [0.5, 0.6) is 0 Å². The Hall–Kier alpha value is -2.54. The quantitative estimate of drug-likeness (QED) is 0.269. The molecule has 2 atom stereocenters. The Morgan fingerprint density at radius 3 is 2.30 bits per heavy atom. The fourth-order valence-electron chi connectivity index (χ4n) is 3.26. The first-order chi connectivity index (χ1) is 14.2. The molecule has 2 amide bonds. The largest absolute Gasteiger partial charge is 0.396 e. The molecule has 0 bridgehead atoms. The molecule has 0 aliphatic heterocycles. The molecule has 0 radical (unpaired) electrons. The van der Waals surface area contributed by atoms with Crippen LogP contribution < -0.4 is 10.8 Å². The third-order valence-corrected chi connectivity index (χ3v) is 5.35. The molecule has 1 aliphatic carbocycles. The molecule has 7 nitrogen and oxygen atoms in total. The highest BCUT2D eigenvalue weighted by Gasteiger charge is 2.46. The Kier molecular flexibility index (Phi) is 8.29. The van der Waals surface area contributed by atoms with Crippen molar-refractivity contribution >= 4 is 11.8 Å². The average molecular weight is 424 g/mol. The van der Waals surface area contributed by atoms with Crippen LogP contribution in [0.2, 0.25) is 0 Å². The number of aliphatic hydroxyl groups is 2. The van der Waals surface area contributed by atoms with Crippen LogP contribution in [-0.4, -0.2) is 51.9 Å². The molecule has 1 aromatic carbocycles. The molecule has 1 saturated carbocycles. The van der Waals surface area contributed by atoms with Crippen LogP contribution >= 0.6 is 0 Å². The predicted molar refractivity (Wildman–Crippen MR) is 104 cm³/mol. The van der Waals surface area contributed by atoms with Gasteiger partial charge in [-0.2, -0.15) is 0 Å². The molecule has 1 aromatic rings. The molecule has 0 spiro atoms. The first-order valence-electron chi connectivity index (χ1n) is 9.66. The Labute approximate surface area is 173 Å². The summed E-state index contributed by atoms with van der Waals surface area (Å²) >= 11 is 0. The van der Waals surface area contributed by atoms with Crippen molar-refractivity contribution in [1.82, 2.24) is 10.8 Å². The zero-order valence-corrected chi connectivity index (χ0v) is 16.6. The van der Waals surface area contributed by atoms with Crippen molar-refractivity contribution in [3.05, 3.63) is 35.4 Å². The fraction of sp³-hybridized carbons (Fsp3) is 0.524. The van der Waals surface area contributed by atoms with E-state index in [0.717, 1.165) is 25.7 Å². The highest BCUT2D eigenvalue weighted by atomic mass is 19.3. The van der Waals surface area contributed by atoms with Gasteiger partial charge < -0.3 is 15.5 Å². The zero-order valence-electron chi connectivity index (χ0n) is 16.6. The zero-order chi connectivity index (χ0) is 22.3. The van der Waals surface area contributed by atoms with Crippen molar-refractivity contribution in [2.24, 2.45) is 11.8 Å². The number of nitrogens with one attached hydrogen (secondary N) is 2. The SMILES string of the molecule is C[C@@](O)(C(F)F)C(NC(=O)c1ccc(C#CC2CCC(CO)CC2)cc1)C(=O)NO. The van der Waals surface area contributed by atoms with Crippen molar-refractivity contribution in [2.45, 2.75) is 50.7 Å². The maximum Gasteiger partial charge on any atom is 0.269 e. The Morgan fingerprint density at radius 2 is 1.80 bits per heavy atom. The van der Waals surface area contributed by atoms with E-state index in [1.165, 1.54) is 17.6 Å². The van der Waals surface area contributed by atoms with Gasteiger partial charge in [0.15, 0.2) is 5.60 Å². The van der Waals surface area contributed by atoms with Crippen LogP contribution in [0, 0.1) is 23.7 Å². The van der Waals surface area contributed by atoms with Gasteiger partial charge in [0.2, 0.25) is 0 Å².